The first kappa shape index (κ1) is 22.7. The fourth-order valence-electron chi connectivity index (χ4n) is 3.96. The molecule has 2 heterocycles. The maximum Gasteiger partial charge on any atom is 0.299 e. The van der Waals surface area contributed by atoms with Crippen molar-refractivity contribution < 1.29 is 19.0 Å². The van der Waals surface area contributed by atoms with Crippen LogP contribution in [0.3, 0.4) is 0 Å². The number of rotatable bonds is 8. The van der Waals surface area contributed by atoms with E-state index in [9.17, 15) is 9.59 Å². The van der Waals surface area contributed by atoms with Gasteiger partial charge in [-0.3, -0.25) is 9.59 Å². The maximum absolute atomic E-state index is 13.6. The second-order valence-corrected chi connectivity index (χ2v) is 8.91. The van der Waals surface area contributed by atoms with Gasteiger partial charge in [-0.2, -0.15) is 9.78 Å². The number of hydrogen-bond acceptors (Lipinski definition) is 7. The number of ether oxygens (including phenoxy) is 3. The van der Waals surface area contributed by atoms with Crippen LogP contribution < -0.4 is 30.4 Å². The van der Waals surface area contributed by atoms with Crippen LogP contribution in [0.4, 0.5) is 11.4 Å². The molecule has 1 amide bonds. The Morgan fingerprint density at radius 1 is 1.00 bits per heavy atom. The number of amides is 1. The molecule has 9 nitrogen and oxygen atoms in total. The molecule has 0 bridgehead atoms. The number of anilines is 2. The van der Waals surface area contributed by atoms with E-state index in [0.29, 0.717) is 46.6 Å². The zero-order chi connectivity index (χ0) is 25.2. The first-order chi connectivity index (χ1) is 18.1. The van der Waals surface area contributed by atoms with Gasteiger partial charge in [0.25, 0.3) is 11.5 Å². The van der Waals surface area contributed by atoms with Crippen LogP contribution in [0.2, 0.25) is 0 Å². The van der Waals surface area contributed by atoms with Gasteiger partial charge in [-0.25, -0.2) is 0 Å². The van der Waals surface area contributed by atoms with Crippen molar-refractivity contribution in [3.8, 4) is 28.7 Å². The van der Waals surface area contributed by atoms with Gasteiger partial charge in [-0.15, -0.1) is 0 Å². The van der Waals surface area contributed by atoms with Gasteiger partial charge in [0, 0.05) is 23.9 Å². The Morgan fingerprint density at radius 2 is 1.78 bits per heavy atom. The minimum absolute atomic E-state index is 0.111. The molecule has 0 unspecified atom stereocenters. The number of nitrogens with one attached hydrogen (secondary N) is 2. The predicted molar refractivity (Wildman–Crippen MR) is 137 cm³/mol. The van der Waals surface area contributed by atoms with Gasteiger partial charge in [0.05, 0.1) is 11.9 Å². The highest BCUT2D eigenvalue weighted by atomic mass is 16.7. The van der Waals surface area contributed by atoms with E-state index in [2.05, 4.69) is 15.7 Å². The molecule has 1 aliphatic heterocycles. The van der Waals surface area contributed by atoms with Gasteiger partial charge in [-0.1, -0.05) is 18.2 Å². The largest absolute Gasteiger partial charge is 0.454 e. The third-order valence-corrected chi connectivity index (χ3v) is 6.18. The van der Waals surface area contributed by atoms with Gasteiger partial charge in [0.2, 0.25) is 6.79 Å². The number of nitrogens with zero attached hydrogens (tertiary/aromatic N) is 2. The quantitative estimate of drug-likeness (QED) is 0.366. The van der Waals surface area contributed by atoms with E-state index in [1.54, 1.807) is 54.6 Å². The Hall–Kier alpha value is -4.79. The number of para-hydroxylation sites is 1. The highest BCUT2D eigenvalue weighted by molar-refractivity contribution is 5.94. The second kappa shape index (κ2) is 9.69. The fraction of sp³-hybridized carbons (Fsp3) is 0.179. The summed E-state index contributed by atoms with van der Waals surface area (Å²) in [4.78, 5) is 26.0. The summed E-state index contributed by atoms with van der Waals surface area (Å²) in [6.45, 7) is 0.851. The molecule has 2 N–H and O–H groups in total. The zero-order valence-corrected chi connectivity index (χ0v) is 19.8. The summed E-state index contributed by atoms with van der Waals surface area (Å²) in [7, 11) is 0. The van der Waals surface area contributed by atoms with E-state index in [-0.39, 0.29) is 24.1 Å². The van der Waals surface area contributed by atoms with Crippen molar-refractivity contribution in [1.82, 2.24) is 15.1 Å². The van der Waals surface area contributed by atoms with E-state index in [1.165, 1.54) is 23.7 Å². The SMILES string of the molecule is O=C(NCC1CC1)c1ccc(Nc2c(Oc3ccc4c(c3)OCO4)cnn(-c3ccccc3)c2=O)cc1. The summed E-state index contributed by atoms with van der Waals surface area (Å²) in [6.07, 6.45) is 3.83. The minimum Gasteiger partial charge on any atom is -0.454 e. The Labute approximate surface area is 212 Å². The average molecular weight is 497 g/mol. The van der Waals surface area contributed by atoms with Crippen molar-refractivity contribution in [2.24, 2.45) is 5.92 Å². The molecule has 1 aromatic heterocycles. The molecular formula is C28H24N4O5. The van der Waals surface area contributed by atoms with Crippen LogP contribution >= 0.6 is 0 Å². The standard InChI is InChI=1S/C28H24N4O5/c33-27(29-15-18-6-7-18)19-8-10-20(11-9-19)31-26-25(37-22-12-13-23-24(14-22)36-17-35-23)16-30-32(28(26)34)21-4-2-1-3-5-21/h1-5,8-14,16,18,31H,6-7,15,17H2,(H,29,33). The molecule has 0 atom stereocenters. The maximum atomic E-state index is 13.6. The molecule has 1 fully saturated rings. The van der Waals surface area contributed by atoms with Crippen LogP contribution in [-0.4, -0.2) is 29.0 Å². The van der Waals surface area contributed by atoms with Crippen molar-refractivity contribution in [2.75, 3.05) is 18.7 Å². The second-order valence-electron chi connectivity index (χ2n) is 8.91. The number of carbonyl (C=O) groups excluding carboxylic acids is 1. The van der Waals surface area contributed by atoms with Crippen LogP contribution in [-0.2, 0) is 0 Å². The molecule has 4 aromatic rings. The third-order valence-electron chi connectivity index (χ3n) is 6.18. The van der Waals surface area contributed by atoms with Crippen molar-refractivity contribution in [2.45, 2.75) is 12.8 Å². The van der Waals surface area contributed by atoms with Crippen LogP contribution in [0.25, 0.3) is 5.69 Å². The zero-order valence-electron chi connectivity index (χ0n) is 19.8. The first-order valence-corrected chi connectivity index (χ1v) is 12.0. The molecule has 6 rings (SSSR count). The lowest BCUT2D eigenvalue weighted by molar-refractivity contribution is 0.0952. The highest BCUT2D eigenvalue weighted by Crippen LogP contribution is 2.37. The molecule has 1 aliphatic carbocycles. The first-order valence-electron chi connectivity index (χ1n) is 12.0. The summed E-state index contributed by atoms with van der Waals surface area (Å²) in [6, 6.07) is 21.3. The topological polar surface area (TPSA) is 104 Å². The lowest BCUT2D eigenvalue weighted by Crippen LogP contribution is -2.25. The predicted octanol–water partition coefficient (Wildman–Crippen LogP) is 4.64. The van der Waals surface area contributed by atoms with E-state index < -0.39 is 5.56 Å². The summed E-state index contributed by atoms with van der Waals surface area (Å²) in [5.41, 5.74) is 1.60. The van der Waals surface area contributed by atoms with E-state index >= 15 is 0 Å². The molecule has 0 spiro atoms. The Bertz CT molecular complexity index is 1500. The summed E-state index contributed by atoms with van der Waals surface area (Å²) >= 11 is 0. The molecule has 0 saturated heterocycles. The third kappa shape index (κ3) is 4.97. The smallest absolute Gasteiger partial charge is 0.299 e. The fourth-order valence-corrected chi connectivity index (χ4v) is 3.96. The molecule has 3 aromatic carbocycles. The molecule has 186 valence electrons. The molecule has 9 heteroatoms. The van der Waals surface area contributed by atoms with E-state index in [1.807, 2.05) is 18.2 Å². The Balaban J connectivity index is 1.30. The van der Waals surface area contributed by atoms with Gasteiger partial charge < -0.3 is 24.8 Å². The molecule has 1 saturated carbocycles. The average Bonchev–Trinajstić information content (AvgIpc) is 3.65. The molecule has 37 heavy (non-hydrogen) atoms. The normalized spacial score (nSPS) is 13.7. The summed E-state index contributed by atoms with van der Waals surface area (Å²) in [5, 5.41) is 10.4. The van der Waals surface area contributed by atoms with Crippen LogP contribution in [0.15, 0.2) is 83.8 Å². The lowest BCUT2D eigenvalue weighted by atomic mass is 10.2. The van der Waals surface area contributed by atoms with Crippen molar-refractivity contribution in [1.29, 1.82) is 0 Å². The van der Waals surface area contributed by atoms with E-state index in [0.717, 1.165) is 0 Å². The minimum atomic E-state index is -0.393. The van der Waals surface area contributed by atoms with Gasteiger partial charge in [-0.05, 0) is 67.3 Å². The van der Waals surface area contributed by atoms with Crippen LogP contribution in [0.5, 0.6) is 23.0 Å². The highest BCUT2D eigenvalue weighted by Gasteiger charge is 2.22. The van der Waals surface area contributed by atoms with Crippen LogP contribution in [0, 0.1) is 5.92 Å². The number of aromatic nitrogens is 2. The summed E-state index contributed by atoms with van der Waals surface area (Å²) < 4.78 is 18.2. The number of benzene rings is 3. The van der Waals surface area contributed by atoms with Gasteiger partial charge in [0.15, 0.2) is 22.9 Å². The summed E-state index contributed by atoms with van der Waals surface area (Å²) in [5.74, 6) is 2.39. The Kier molecular flexibility index (Phi) is 5.94. The molecular weight excluding hydrogens is 472 g/mol. The van der Waals surface area contributed by atoms with Gasteiger partial charge in [0.1, 0.15) is 5.75 Å². The van der Waals surface area contributed by atoms with Gasteiger partial charge >= 0.3 is 0 Å². The number of fused-ring (bicyclic) bond motifs is 1. The molecule has 2 aliphatic rings. The number of hydrogen-bond donors (Lipinski definition) is 2. The Morgan fingerprint density at radius 3 is 2.57 bits per heavy atom. The lowest BCUT2D eigenvalue weighted by Gasteiger charge is -2.15. The number of carbonyl (C=O) groups is 1. The molecule has 0 radical (unpaired) electrons. The van der Waals surface area contributed by atoms with Crippen molar-refractivity contribution in [3.05, 3.63) is 94.9 Å². The van der Waals surface area contributed by atoms with Crippen molar-refractivity contribution in [3.63, 3.8) is 0 Å². The van der Waals surface area contributed by atoms with E-state index in [4.69, 9.17) is 14.2 Å². The van der Waals surface area contributed by atoms with Crippen molar-refractivity contribution >= 4 is 17.3 Å². The van der Waals surface area contributed by atoms with Crippen LogP contribution in [0.1, 0.15) is 23.2 Å². The monoisotopic (exact) mass is 496 g/mol.